The van der Waals surface area contributed by atoms with E-state index in [-0.39, 0.29) is 16.6 Å². The standard InChI is InChI=1S/C13H13FN2O2S3/c1-19-13(15-9-10-4-6-11(14)7-5-10)16-21(17,18)12-3-2-8-20-12/h2-8H,9H2,1H3,(H,15,16). The van der Waals surface area contributed by atoms with Crippen molar-refractivity contribution in [3.63, 3.8) is 0 Å². The third-order valence-electron chi connectivity index (χ3n) is 2.49. The number of amidine groups is 1. The van der Waals surface area contributed by atoms with Crippen molar-refractivity contribution >= 4 is 38.3 Å². The number of rotatable bonds is 4. The summed E-state index contributed by atoms with van der Waals surface area (Å²) >= 11 is 2.35. The summed E-state index contributed by atoms with van der Waals surface area (Å²) in [4.78, 5) is 4.21. The molecule has 21 heavy (non-hydrogen) atoms. The smallest absolute Gasteiger partial charge is 0.257 e. The van der Waals surface area contributed by atoms with Gasteiger partial charge in [0, 0.05) is 0 Å². The zero-order chi connectivity index (χ0) is 15.3. The van der Waals surface area contributed by atoms with E-state index < -0.39 is 10.0 Å². The molecule has 0 fully saturated rings. The molecule has 0 aliphatic carbocycles. The second kappa shape index (κ2) is 7.06. The van der Waals surface area contributed by atoms with Crippen LogP contribution in [0.1, 0.15) is 5.56 Å². The predicted octanol–water partition coefficient (Wildman–Crippen LogP) is 3.08. The van der Waals surface area contributed by atoms with Gasteiger partial charge in [-0.05, 0) is 35.4 Å². The van der Waals surface area contributed by atoms with Crippen LogP contribution in [0.25, 0.3) is 0 Å². The summed E-state index contributed by atoms with van der Waals surface area (Å²) in [5.74, 6) is -0.314. The molecule has 1 N–H and O–H groups in total. The largest absolute Gasteiger partial charge is 0.272 e. The molecule has 0 radical (unpaired) electrons. The minimum Gasteiger partial charge on any atom is -0.257 e. The van der Waals surface area contributed by atoms with Crippen LogP contribution in [0.15, 0.2) is 51.0 Å². The van der Waals surface area contributed by atoms with E-state index in [9.17, 15) is 12.8 Å². The van der Waals surface area contributed by atoms with E-state index in [2.05, 4.69) is 9.71 Å². The Kier molecular flexibility index (Phi) is 5.38. The number of halogens is 1. The Hall–Kier alpha value is -1.38. The average molecular weight is 344 g/mol. The average Bonchev–Trinajstić information content (AvgIpc) is 3.00. The van der Waals surface area contributed by atoms with Crippen molar-refractivity contribution in [1.82, 2.24) is 4.72 Å². The molecule has 1 aromatic carbocycles. The molecule has 0 amide bonds. The number of thiophene rings is 1. The summed E-state index contributed by atoms with van der Waals surface area (Å²) < 4.78 is 39.6. The molecule has 0 unspecified atom stereocenters. The molecule has 0 atom stereocenters. The molecule has 1 heterocycles. The van der Waals surface area contributed by atoms with E-state index in [1.807, 2.05) is 0 Å². The Labute approximate surface area is 131 Å². The van der Waals surface area contributed by atoms with Crippen LogP contribution in [0.3, 0.4) is 0 Å². The molecular weight excluding hydrogens is 331 g/mol. The van der Waals surface area contributed by atoms with Gasteiger partial charge in [0.15, 0.2) is 5.17 Å². The molecule has 0 spiro atoms. The fourth-order valence-electron chi connectivity index (χ4n) is 1.47. The predicted molar refractivity (Wildman–Crippen MR) is 85.7 cm³/mol. The van der Waals surface area contributed by atoms with Gasteiger partial charge in [0.05, 0.1) is 6.54 Å². The maximum absolute atomic E-state index is 12.8. The van der Waals surface area contributed by atoms with Crippen LogP contribution < -0.4 is 4.72 Å². The van der Waals surface area contributed by atoms with Crippen molar-refractivity contribution in [2.45, 2.75) is 10.8 Å². The zero-order valence-electron chi connectivity index (χ0n) is 11.1. The fraction of sp³-hybridized carbons (Fsp3) is 0.154. The van der Waals surface area contributed by atoms with Gasteiger partial charge in [-0.25, -0.2) is 12.8 Å². The van der Waals surface area contributed by atoms with Crippen molar-refractivity contribution in [2.75, 3.05) is 6.26 Å². The fourth-order valence-corrected chi connectivity index (χ4v) is 4.23. The molecule has 0 bridgehead atoms. The molecule has 0 saturated heterocycles. The van der Waals surface area contributed by atoms with Crippen molar-refractivity contribution in [2.24, 2.45) is 4.99 Å². The van der Waals surface area contributed by atoms with Gasteiger partial charge in [0.25, 0.3) is 10.0 Å². The summed E-state index contributed by atoms with van der Waals surface area (Å²) in [6.45, 7) is 0.281. The monoisotopic (exact) mass is 344 g/mol. The quantitative estimate of drug-likeness (QED) is 0.685. The van der Waals surface area contributed by atoms with Gasteiger partial charge in [-0.3, -0.25) is 9.71 Å². The molecule has 112 valence electrons. The summed E-state index contributed by atoms with van der Waals surface area (Å²) in [6, 6.07) is 9.13. The Morgan fingerprint density at radius 1 is 1.33 bits per heavy atom. The van der Waals surface area contributed by atoms with Crippen molar-refractivity contribution in [3.05, 3.63) is 53.2 Å². The number of hydrogen-bond acceptors (Lipinski definition) is 5. The molecule has 8 heteroatoms. The molecule has 0 saturated carbocycles. The minimum absolute atomic E-state index is 0.242. The van der Waals surface area contributed by atoms with E-state index in [4.69, 9.17) is 0 Å². The first kappa shape index (κ1) is 16.0. The molecule has 2 rings (SSSR count). The third kappa shape index (κ3) is 4.55. The van der Waals surface area contributed by atoms with Crippen LogP contribution in [0.4, 0.5) is 4.39 Å². The maximum Gasteiger partial charge on any atom is 0.272 e. The minimum atomic E-state index is -3.58. The van der Waals surface area contributed by atoms with Crippen LogP contribution in [-0.4, -0.2) is 19.8 Å². The number of nitrogens with zero attached hydrogens (tertiary/aromatic N) is 1. The van der Waals surface area contributed by atoms with Crippen LogP contribution >= 0.6 is 23.1 Å². The SMILES string of the molecule is CSC(=NCc1ccc(F)cc1)NS(=O)(=O)c1cccs1. The van der Waals surface area contributed by atoms with Crippen molar-refractivity contribution in [1.29, 1.82) is 0 Å². The van der Waals surface area contributed by atoms with E-state index in [0.717, 1.165) is 16.9 Å². The summed E-state index contributed by atoms with van der Waals surface area (Å²) in [5.41, 5.74) is 0.804. The Morgan fingerprint density at radius 3 is 2.62 bits per heavy atom. The van der Waals surface area contributed by atoms with E-state index in [0.29, 0.717) is 5.17 Å². The topological polar surface area (TPSA) is 58.5 Å². The lowest BCUT2D eigenvalue weighted by Crippen LogP contribution is -2.27. The number of nitrogens with one attached hydrogen (secondary N) is 1. The summed E-state index contributed by atoms with van der Waals surface area (Å²) in [7, 11) is -3.58. The highest BCUT2D eigenvalue weighted by atomic mass is 32.2. The lowest BCUT2D eigenvalue weighted by atomic mass is 10.2. The molecular formula is C13H13FN2O2S3. The van der Waals surface area contributed by atoms with E-state index >= 15 is 0 Å². The van der Waals surface area contributed by atoms with Crippen LogP contribution in [0.2, 0.25) is 0 Å². The Balaban J connectivity index is 2.09. The van der Waals surface area contributed by atoms with Gasteiger partial charge in [-0.2, -0.15) is 0 Å². The number of thioether (sulfide) groups is 1. The first-order chi connectivity index (χ1) is 10.0. The van der Waals surface area contributed by atoms with Gasteiger partial charge < -0.3 is 0 Å². The first-order valence-corrected chi connectivity index (χ1v) is 9.49. The van der Waals surface area contributed by atoms with Gasteiger partial charge in [0.2, 0.25) is 0 Å². The Bertz CT molecular complexity index is 710. The highest BCUT2D eigenvalue weighted by molar-refractivity contribution is 8.14. The number of hydrogen-bond donors (Lipinski definition) is 1. The molecule has 0 aliphatic heterocycles. The number of aliphatic imine (C=N–C) groups is 1. The second-order valence-electron chi connectivity index (χ2n) is 3.99. The van der Waals surface area contributed by atoms with Crippen molar-refractivity contribution in [3.8, 4) is 0 Å². The maximum atomic E-state index is 12.8. The summed E-state index contributed by atoms with van der Waals surface area (Å²) in [6.07, 6.45) is 1.74. The molecule has 1 aromatic heterocycles. The van der Waals surface area contributed by atoms with Gasteiger partial charge in [0.1, 0.15) is 10.0 Å². The van der Waals surface area contributed by atoms with Gasteiger partial charge in [-0.1, -0.05) is 30.0 Å². The van der Waals surface area contributed by atoms with Crippen LogP contribution in [0.5, 0.6) is 0 Å². The van der Waals surface area contributed by atoms with E-state index in [1.54, 1.807) is 29.8 Å². The highest BCUT2D eigenvalue weighted by Crippen LogP contribution is 2.16. The van der Waals surface area contributed by atoms with E-state index in [1.165, 1.54) is 30.0 Å². The lowest BCUT2D eigenvalue weighted by molar-refractivity contribution is 0.595. The third-order valence-corrected chi connectivity index (χ3v) is 5.98. The second-order valence-corrected chi connectivity index (χ2v) is 7.64. The molecule has 4 nitrogen and oxygen atoms in total. The molecule has 0 aliphatic rings. The van der Waals surface area contributed by atoms with Gasteiger partial charge in [-0.15, -0.1) is 11.3 Å². The van der Waals surface area contributed by atoms with Crippen LogP contribution in [0, 0.1) is 5.82 Å². The normalized spacial score (nSPS) is 12.4. The van der Waals surface area contributed by atoms with Crippen molar-refractivity contribution < 1.29 is 12.8 Å². The van der Waals surface area contributed by atoms with Gasteiger partial charge >= 0.3 is 0 Å². The zero-order valence-corrected chi connectivity index (χ0v) is 13.6. The summed E-state index contributed by atoms with van der Waals surface area (Å²) in [5, 5.41) is 2.00. The first-order valence-electron chi connectivity index (χ1n) is 5.90. The van der Waals surface area contributed by atoms with Crippen LogP contribution in [-0.2, 0) is 16.6 Å². The Morgan fingerprint density at radius 2 is 2.05 bits per heavy atom. The molecule has 2 aromatic rings. The highest BCUT2D eigenvalue weighted by Gasteiger charge is 2.16. The number of sulfonamides is 1. The lowest BCUT2D eigenvalue weighted by Gasteiger charge is -2.07. The number of benzene rings is 1.